The van der Waals surface area contributed by atoms with Crippen LogP contribution in [-0.4, -0.2) is 18.9 Å². The van der Waals surface area contributed by atoms with E-state index < -0.39 is 5.92 Å². The van der Waals surface area contributed by atoms with Crippen LogP contribution in [0.3, 0.4) is 0 Å². The maximum absolute atomic E-state index is 12.0. The summed E-state index contributed by atoms with van der Waals surface area (Å²) in [5.74, 6) is -0.682. The molecule has 0 aliphatic heterocycles. The molecule has 0 spiro atoms. The van der Waals surface area contributed by atoms with Crippen molar-refractivity contribution in [3.05, 3.63) is 12.2 Å². The summed E-state index contributed by atoms with van der Waals surface area (Å²) < 4.78 is 4.80. The number of ether oxygens (including phenoxy) is 1. The van der Waals surface area contributed by atoms with Crippen LogP contribution in [0, 0.1) is 17.3 Å². The van der Waals surface area contributed by atoms with Crippen molar-refractivity contribution in [2.24, 2.45) is 17.3 Å². The molecule has 0 aromatic heterocycles. The van der Waals surface area contributed by atoms with Gasteiger partial charge < -0.3 is 4.74 Å². The number of fused-ring (bicyclic) bond motifs is 1. The van der Waals surface area contributed by atoms with Gasteiger partial charge in [-0.2, -0.15) is 0 Å². The van der Waals surface area contributed by atoms with E-state index in [1.54, 1.807) is 0 Å². The summed E-state index contributed by atoms with van der Waals surface area (Å²) in [5, 5.41) is 0. The summed E-state index contributed by atoms with van der Waals surface area (Å²) in [6.45, 7) is 6.24. The molecule has 0 N–H and O–H groups in total. The molecule has 3 nitrogen and oxygen atoms in total. The molecule has 0 aromatic carbocycles. The Morgan fingerprint density at radius 3 is 2.82 bits per heavy atom. The van der Waals surface area contributed by atoms with Crippen LogP contribution in [0.2, 0.25) is 0 Å². The van der Waals surface area contributed by atoms with Gasteiger partial charge in [0.2, 0.25) is 0 Å². The molecule has 0 bridgehead atoms. The quantitative estimate of drug-likeness (QED) is 0.399. The Morgan fingerprint density at radius 2 is 2.18 bits per heavy atom. The smallest absolute Gasteiger partial charge is 0.316 e. The van der Waals surface area contributed by atoms with Gasteiger partial charge in [-0.1, -0.05) is 19.1 Å². The van der Waals surface area contributed by atoms with Crippen LogP contribution in [-0.2, 0) is 14.3 Å². The first-order chi connectivity index (χ1) is 7.98. The predicted octanol–water partition coefficient (Wildman–Crippen LogP) is 2.50. The van der Waals surface area contributed by atoms with Crippen molar-refractivity contribution in [3.8, 4) is 0 Å². The number of hydrogen-bond donors (Lipinski definition) is 0. The predicted molar refractivity (Wildman–Crippen MR) is 64.3 cm³/mol. The average Bonchev–Trinajstić information content (AvgIpc) is 2.29. The van der Waals surface area contributed by atoms with E-state index in [0.717, 1.165) is 25.7 Å². The highest BCUT2D eigenvalue weighted by atomic mass is 16.5. The highest BCUT2D eigenvalue weighted by Gasteiger charge is 2.50. The average molecular weight is 236 g/mol. The lowest BCUT2D eigenvalue weighted by atomic mass is 9.55. The molecule has 2 saturated carbocycles. The summed E-state index contributed by atoms with van der Waals surface area (Å²) in [6.07, 6.45) is 4.14. The minimum absolute atomic E-state index is 0.0576. The Kier molecular flexibility index (Phi) is 3.11. The molecule has 0 amide bonds. The van der Waals surface area contributed by atoms with Crippen molar-refractivity contribution in [2.45, 2.75) is 39.0 Å². The third-order valence-electron chi connectivity index (χ3n) is 4.50. The monoisotopic (exact) mass is 236 g/mol. The number of esters is 1. The molecule has 3 heteroatoms. The van der Waals surface area contributed by atoms with Crippen LogP contribution in [0.4, 0.5) is 0 Å². The number of methoxy groups -OCH3 is 1. The number of allylic oxidation sites excluding steroid dienone is 1. The number of Topliss-reactive ketones (excluding diaryl/α,β-unsaturated/α-hetero) is 1. The van der Waals surface area contributed by atoms with Crippen LogP contribution in [0.5, 0.6) is 0 Å². The highest BCUT2D eigenvalue weighted by Crippen LogP contribution is 2.52. The molecule has 0 radical (unpaired) electrons. The standard InChI is InChI=1S/C14H20O3/c1-9-4-5-10-12(13(16)17-3)11(15)6-7-14(10,2)8-9/h10,12H,1,4-8H2,2-3H3/t10-,12-,14+/m0/s1. The van der Waals surface area contributed by atoms with Crippen LogP contribution in [0.1, 0.15) is 39.0 Å². The molecule has 0 unspecified atom stereocenters. The van der Waals surface area contributed by atoms with Gasteiger partial charge >= 0.3 is 5.97 Å². The van der Waals surface area contributed by atoms with E-state index in [1.165, 1.54) is 12.7 Å². The fourth-order valence-electron chi connectivity index (χ4n) is 3.55. The van der Waals surface area contributed by atoms with Gasteiger partial charge in [0.1, 0.15) is 11.7 Å². The van der Waals surface area contributed by atoms with Gasteiger partial charge in [-0.25, -0.2) is 0 Å². The molecule has 2 aliphatic rings. The lowest BCUT2D eigenvalue weighted by Gasteiger charge is -2.48. The Labute approximate surface area is 102 Å². The van der Waals surface area contributed by atoms with E-state index in [2.05, 4.69) is 13.5 Å². The van der Waals surface area contributed by atoms with E-state index >= 15 is 0 Å². The number of carbonyl (C=O) groups is 2. The third kappa shape index (κ3) is 2.03. The molecular formula is C14H20O3. The fraction of sp³-hybridized carbons (Fsp3) is 0.714. The Hall–Kier alpha value is -1.12. The van der Waals surface area contributed by atoms with Gasteiger partial charge in [-0.3, -0.25) is 9.59 Å². The van der Waals surface area contributed by atoms with Crippen molar-refractivity contribution < 1.29 is 14.3 Å². The van der Waals surface area contributed by atoms with E-state index in [1.807, 2.05) is 0 Å². The third-order valence-corrected chi connectivity index (χ3v) is 4.50. The van der Waals surface area contributed by atoms with Crippen LogP contribution in [0.15, 0.2) is 12.2 Å². The molecule has 2 fully saturated rings. The summed E-state index contributed by atoms with van der Waals surface area (Å²) in [4.78, 5) is 23.7. The lowest BCUT2D eigenvalue weighted by molar-refractivity contribution is -0.158. The summed E-state index contributed by atoms with van der Waals surface area (Å²) in [5.41, 5.74) is 1.31. The van der Waals surface area contributed by atoms with Gasteiger partial charge in [0.25, 0.3) is 0 Å². The molecule has 17 heavy (non-hydrogen) atoms. The SMILES string of the molecule is C=C1CC[C@H]2[C@H](C(=O)OC)C(=O)CC[C@]2(C)C1. The van der Waals surface area contributed by atoms with Gasteiger partial charge in [-0.15, -0.1) is 0 Å². The minimum atomic E-state index is -0.535. The molecule has 94 valence electrons. The van der Waals surface area contributed by atoms with E-state index in [0.29, 0.717) is 6.42 Å². The number of ketones is 1. The fourth-order valence-corrected chi connectivity index (χ4v) is 3.55. The topological polar surface area (TPSA) is 43.4 Å². The van der Waals surface area contributed by atoms with Gasteiger partial charge in [-0.05, 0) is 37.0 Å². The first kappa shape index (κ1) is 12.3. The molecule has 2 rings (SSSR count). The zero-order valence-corrected chi connectivity index (χ0v) is 10.6. The maximum Gasteiger partial charge on any atom is 0.316 e. The van der Waals surface area contributed by atoms with E-state index in [9.17, 15) is 9.59 Å². The molecule has 0 aromatic rings. The lowest BCUT2D eigenvalue weighted by Crippen LogP contribution is -2.47. The molecular weight excluding hydrogens is 216 g/mol. The van der Waals surface area contributed by atoms with Crippen molar-refractivity contribution >= 4 is 11.8 Å². The number of hydrogen-bond acceptors (Lipinski definition) is 3. The summed E-state index contributed by atoms with van der Waals surface area (Å²) in [7, 11) is 1.36. The molecule has 2 aliphatic carbocycles. The van der Waals surface area contributed by atoms with Crippen molar-refractivity contribution in [1.82, 2.24) is 0 Å². The van der Waals surface area contributed by atoms with Crippen molar-refractivity contribution in [2.75, 3.05) is 7.11 Å². The number of carbonyl (C=O) groups excluding carboxylic acids is 2. The second-order valence-corrected chi connectivity index (χ2v) is 5.69. The van der Waals surface area contributed by atoms with Crippen molar-refractivity contribution in [1.29, 1.82) is 0 Å². The van der Waals surface area contributed by atoms with Crippen LogP contribution >= 0.6 is 0 Å². The Balaban J connectivity index is 2.29. The van der Waals surface area contributed by atoms with Crippen LogP contribution in [0.25, 0.3) is 0 Å². The molecule has 3 atom stereocenters. The van der Waals surface area contributed by atoms with Gasteiger partial charge in [0, 0.05) is 6.42 Å². The first-order valence-corrected chi connectivity index (χ1v) is 6.25. The zero-order chi connectivity index (χ0) is 12.6. The minimum Gasteiger partial charge on any atom is -0.468 e. The van der Waals surface area contributed by atoms with E-state index in [-0.39, 0.29) is 23.1 Å². The summed E-state index contributed by atoms with van der Waals surface area (Å²) in [6, 6.07) is 0. The first-order valence-electron chi connectivity index (χ1n) is 6.25. The maximum atomic E-state index is 12.0. The second kappa shape index (κ2) is 4.28. The molecule has 0 heterocycles. The normalized spacial score (nSPS) is 37.5. The largest absolute Gasteiger partial charge is 0.468 e. The van der Waals surface area contributed by atoms with Gasteiger partial charge in [0.15, 0.2) is 0 Å². The second-order valence-electron chi connectivity index (χ2n) is 5.69. The Bertz CT molecular complexity index is 364. The number of rotatable bonds is 1. The highest BCUT2D eigenvalue weighted by molar-refractivity contribution is 6.00. The van der Waals surface area contributed by atoms with Gasteiger partial charge in [0.05, 0.1) is 7.11 Å². The van der Waals surface area contributed by atoms with E-state index in [4.69, 9.17) is 4.74 Å². The summed E-state index contributed by atoms with van der Waals surface area (Å²) >= 11 is 0. The van der Waals surface area contributed by atoms with Crippen LogP contribution < -0.4 is 0 Å². The Morgan fingerprint density at radius 1 is 1.47 bits per heavy atom. The zero-order valence-electron chi connectivity index (χ0n) is 10.6. The van der Waals surface area contributed by atoms with Crippen molar-refractivity contribution in [3.63, 3.8) is 0 Å². The molecule has 0 saturated heterocycles.